The first-order chi connectivity index (χ1) is 17.0. The minimum absolute atomic E-state index is 0.0870. The average molecular weight is 508 g/mol. The van der Waals surface area contributed by atoms with Crippen LogP contribution in [-0.4, -0.2) is 45.7 Å². The minimum atomic E-state index is -1.04. The monoisotopic (exact) mass is 507 g/mol. The van der Waals surface area contributed by atoms with E-state index in [0.717, 1.165) is 19.3 Å². The Morgan fingerprint density at radius 2 is 1.44 bits per heavy atom. The van der Waals surface area contributed by atoms with Crippen LogP contribution in [-0.2, 0) is 9.53 Å². The van der Waals surface area contributed by atoms with Crippen LogP contribution < -0.4 is 0 Å². The summed E-state index contributed by atoms with van der Waals surface area (Å²) >= 11 is 0. The molecule has 0 heterocycles. The van der Waals surface area contributed by atoms with Crippen LogP contribution in [0.5, 0.6) is 0 Å². The van der Waals surface area contributed by atoms with Crippen molar-refractivity contribution in [3.8, 4) is 0 Å². The number of aliphatic hydroxyl groups is 2. The van der Waals surface area contributed by atoms with Crippen molar-refractivity contribution < 1.29 is 19.7 Å². The number of rotatable bonds is 18. The van der Waals surface area contributed by atoms with Gasteiger partial charge in [0.2, 0.25) is 0 Å². The summed E-state index contributed by atoms with van der Waals surface area (Å²) in [6.07, 6.45) is 17.7. The molecule has 5 atom stereocenters. The van der Waals surface area contributed by atoms with Crippen LogP contribution in [0.25, 0.3) is 0 Å². The Morgan fingerprint density at radius 3 is 1.89 bits per heavy atom. The molecule has 3 aliphatic carbocycles. The highest BCUT2D eigenvalue weighted by atomic mass is 16.5. The van der Waals surface area contributed by atoms with Gasteiger partial charge in [-0.15, -0.1) is 0 Å². The third-order valence-electron chi connectivity index (χ3n) is 9.03. The Kier molecular flexibility index (Phi) is 12.9. The predicted molar refractivity (Wildman–Crippen MR) is 149 cm³/mol. The third-order valence-corrected chi connectivity index (χ3v) is 9.03. The summed E-state index contributed by atoms with van der Waals surface area (Å²) < 4.78 is 5.45. The van der Waals surface area contributed by atoms with Gasteiger partial charge in [-0.2, -0.15) is 0 Å². The standard InChI is InChI=1S/C31H57NO4/c1-7-8-9-10-11-12-13-14-15-16-17-18-19-20-25(33)28(29(34)36-23(2)3)32-27-22-24-21-26(30(24,4)5)31(27,6)35/h23-26,28,33,35H,7-22H2,1-6H3/t24-,25?,26+,28?,31-/m1/s1. The average Bonchev–Trinajstić information content (AvgIpc) is 2.79. The first-order valence-electron chi connectivity index (χ1n) is 15.2. The van der Waals surface area contributed by atoms with Crippen molar-refractivity contribution in [2.24, 2.45) is 22.2 Å². The molecule has 5 heteroatoms. The van der Waals surface area contributed by atoms with Crippen LogP contribution >= 0.6 is 0 Å². The lowest BCUT2D eigenvalue weighted by Crippen LogP contribution is -2.65. The molecule has 3 saturated carbocycles. The van der Waals surface area contributed by atoms with E-state index in [4.69, 9.17) is 9.73 Å². The van der Waals surface area contributed by atoms with Crippen LogP contribution in [0.4, 0.5) is 0 Å². The van der Waals surface area contributed by atoms with Crippen molar-refractivity contribution in [2.75, 3.05) is 0 Å². The second-order valence-electron chi connectivity index (χ2n) is 12.8. The summed E-state index contributed by atoms with van der Waals surface area (Å²) in [6.45, 7) is 12.2. The third kappa shape index (κ3) is 8.82. The molecule has 2 bridgehead atoms. The number of hydrogen-bond acceptors (Lipinski definition) is 5. The maximum Gasteiger partial charge on any atom is 0.333 e. The van der Waals surface area contributed by atoms with Crippen molar-refractivity contribution in [2.45, 2.75) is 168 Å². The Hall–Kier alpha value is -0.940. The van der Waals surface area contributed by atoms with E-state index >= 15 is 0 Å². The fourth-order valence-corrected chi connectivity index (χ4v) is 6.44. The normalized spacial score (nSPS) is 27.6. The largest absolute Gasteiger partial charge is 0.461 e. The van der Waals surface area contributed by atoms with E-state index in [-0.39, 0.29) is 17.4 Å². The molecule has 5 nitrogen and oxygen atoms in total. The van der Waals surface area contributed by atoms with Crippen molar-refractivity contribution in [3.05, 3.63) is 0 Å². The van der Waals surface area contributed by atoms with Crippen molar-refractivity contribution >= 4 is 11.7 Å². The number of aliphatic imine (C=N–C) groups is 1. The minimum Gasteiger partial charge on any atom is -0.461 e. The lowest BCUT2D eigenvalue weighted by Gasteiger charge is -2.62. The number of ether oxygens (including phenoxy) is 1. The molecular weight excluding hydrogens is 450 g/mol. The van der Waals surface area contributed by atoms with Crippen molar-refractivity contribution in [1.29, 1.82) is 0 Å². The Morgan fingerprint density at radius 1 is 0.944 bits per heavy atom. The highest BCUT2D eigenvalue weighted by Crippen LogP contribution is 2.61. The molecule has 0 amide bonds. The summed E-state index contributed by atoms with van der Waals surface area (Å²) in [7, 11) is 0. The highest BCUT2D eigenvalue weighted by molar-refractivity contribution is 5.96. The zero-order chi connectivity index (χ0) is 26.8. The van der Waals surface area contributed by atoms with Gasteiger partial charge in [0.15, 0.2) is 6.04 Å². The lowest BCUT2D eigenvalue weighted by molar-refractivity contribution is -0.152. The number of fused-ring (bicyclic) bond motifs is 2. The summed E-state index contributed by atoms with van der Waals surface area (Å²) in [4.78, 5) is 17.6. The molecule has 0 saturated heterocycles. The SMILES string of the molecule is CCCCCCCCCCCCCCCC(O)C(N=C1C[C@H]2C[C@@H](C2(C)C)[C@@]1(C)O)C(=O)OC(C)C. The maximum atomic E-state index is 12.9. The van der Waals surface area contributed by atoms with Crippen LogP contribution in [0.15, 0.2) is 4.99 Å². The van der Waals surface area contributed by atoms with Crippen LogP contribution in [0.1, 0.15) is 144 Å². The number of nitrogens with zero attached hydrogens (tertiary/aromatic N) is 1. The Labute approximate surface area is 221 Å². The van der Waals surface area contributed by atoms with Gasteiger partial charge in [0.05, 0.1) is 12.2 Å². The summed E-state index contributed by atoms with van der Waals surface area (Å²) in [5.41, 5.74) is -0.286. The molecular formula is C31H57NO4. The first kappa shape index (κ1) is 31.3. The van der Waals surface area contributed by atoms with Crippen LogP contribution in [0.3, 0.4) is 0 Å². The molecule has 0 aromatic carbocycles. The Balaban J connectivity index is 1.76. The van der Waals surface area contributed by atoms with E-state index in [1.165, 1.54) is 70.6 Å². The number of carbonyl (C=O) groups is 1. The van der Waals surface area contributed by atoms with Crippen LogP contribution in [0.2, 0.25) is 0 Å². The van der Waals surface area contributed by atoms with Gasteiger partial charge < -0.3 is 14.9 Å². The smallest absolute Gasteiger partial charge is 0.333 e. The van der Waals surface area contributed by atoms with Gasteiger partial charge in [-0.3, -0.25) is 4.99 Å². The molecule has 2 unspecified atom stereocenters. The highest BCUT2D eigenvalue weighted by Gasteiger charge is 2.61. The summed E-state index contributed by atoms with van der Waals surface area (Å²) in [6, 6.07) is -0.952. The molecule has 0 radical (unpaired) electrons. The van der Waals surface area contributed by atoms with Gasteiger partial charge in [0.1, 0.15) is 5.60 Å². The fraction of sp³-hybridized carbons (Fsp3) is 0.935. The molecule has 3 aliphatic rings. The van der Waals surface area contributed by atoms with Gasteiger partial charge in [0.25, 0.3) is 0 Å². The molecule has 0 aromatic heterocycles. The van der Waals surface area contributed by atoms with Gasteiger partial charge in [-0.05, 0) is 57.3 Å². The number of hydrogen-bond donors (Lipinski definition) is 2. The summed E-state index contributed by atoms with van der Waals surface area (Å²) in [5.74, 6) is 0.137. The van der Waals surface area contributed by atoms with Gasteiger partial charge >= 0.3 is 5.97 Å². The molecule has 2 N–H and O–H groups in total. The van der Waals surface area contributed by atoms with E-state index in [0.29, 0.717) is 24.5 Å². The van der Waals surface area contributed by atoms with E-state index in [9.17, 15) is 15.0 Å². The Bertz CT molecular complexity index is 684. The van der Waals surface area contributed by atoms with E-state index < -0.39 is 23.7 Å². The lowest BCUT2D eigenvalue weighted by atomic mass is 9.44. The second-order valence-corrected chi connectivity index (χ2v) is 12.8. The molecule has 36 heavy (non-hydrogen) atoms. The summed E-state index contributed by atoms with van der Waals surface area (Å²) in [5, 5.41) is 22.3. The topological polar surface area (TPSA) is 79.1 Å². The van der Waals surface area contributed by atoms with Crippen molar-refractivity contribution in [1.82, 2.24) is 0 Å². The number of aliphatic hydroxyl groups excluding tert-OH is 1. The molecule has 3 rings (SSSR count). The fourth-order valence-electron chi connectivity index (χ4n) is 6.44. The number of unbranched alkanes of at least 4 members (excludes halogenated alkanes) is 12. The zero-order valence-electron chi connectivity index (χ0n) is 24.4. The van der Waals surface area contributed by atoms with Crippen molar-refractivity contribution in [3.63, 3.8) is 0 Å². The van der Waals surface area contributed by atoms with Gasteiger partial charge in [-0.25, -0.2) is 4.79 Å². The number of esters is 1. The number of carbonyl (C=O) groups excluding carboxylic acids is 1. The molecule has 210 valence electrons. The zero-order valence-corrected chi connectivity index (χ0v) is 24.4. The van der Waals surface area contributed by atoms with Crippen LogP contribution in [0, 0.1) is 17.3 Å². The second kappa shape index (κ2) is 14.9. The predicted octanol–water partition coefficient (Wildman–Crippen LogP) is 7.41. The van der Waals surface area contributed by atoms with E-state index in [1.54, 1.807) is 0 Å². The van der Waals surface area contributed by atoms with Gasteiger partial charge in [-0.1, -0.05) is 104 Å². The first-order valence-corrected chi connectivity index (χ1v) is 15.2. The quantitative estimate of drug-likeness (QED) is 0.150. The molecule has 3 fully saturated rings. The molecule has 0 aliphatic heterocycles. The molecule has 0 aromatic rings. The molecule has 0 spiro atoms. The maximum absolute atomic E-state index is 12.9. The van der Waals surface area contributed by atoms with Gasteiger partial charge in [0, 0.05) is 5.71 Å². The van der Waals surface area contributed by atoms with E-state index in [2.05, 4.69) is 20.8 Å². The van der Waals surface area contributed by atoms with E-state index in [1.807, 2.05) is 20.8 Å².